The van der Waals surface area contributed by atoms with Gasteiger partial charge in [-0.2, -0.15) is 0 Å². The zero-order valence-corrected chi connectivity index (χ0v) is 12.3. The van der Waals surface area contributed by atoms with E-state index in [1.54, 1.807) is 13.0 Å². The number of nitrogens with one attached hydrogen (secondary N) is 1. The van der Waals surface area contributed by atoms with Crippen molar-refractivity contribution in [3.8, 4) is 0 Å². The lowest BCUT2D eigenvalue weighted by atomic mass is 10.0. The molecule has 0 radical (unpaired) electrons. The van der Waals surface area contributed by atoms with Crippen LogP contribution in [0.5, 0.6) is 0 Å². The van der Waals surface area contributed by atoms with E-state index in [1.807, 2.05) is 18.2 Å². The summed E-state index contributed by atoms with van der Waals surface area (Å²) in [6.45, 7) is 1.61. The lowest BCUT2D eigenvalue weighted by molar-refractivity contribution is -0.138. The van der Waals surface area contributed by atoms with E-state index >= 15 is 0 Å². The average Bonchev–Trinajstić information content (AvgIpc) is 2.41. The number of benzene rings is 2. The van der Waals surface area contributed by atoms with E-state index in [0.717, 1.165) is 4.47 Å². The van der Waals surface area contributed by atoms with Gasteiger partial charge in [0.25, 0.3) is 0 Å². The number of hydrogen-bond acceptors (Lipinski definition) is 2. The summed E-state index contributed by atoms with van der Waals surface area (Å²) in [7, 11) is 0. The third kappa shape index (κ3) is 3.17. The molecule has 0 aliphatic carbocycles. The topological polar surface area (TPSA) is 49.3 Å². The van der Waals surface area contributed by atoms with Crippen LogP contribution in [0.2, 0.25) is 0 Å². The van der Waals surface area contributed by atoms with Gasteiger partial charge in [-0.05, 0) is 52.2 Å². The SMILES string of the molecule is Cc1cc(C(Nc2ccccc2Br)C(=O)O)ccc1F. The van der Waals surface area contributed by atoms with Gasteiger partial charge >= 0.3 is 5.97 Å². The molecule has 0 spiro atoms. The lowest BCUT2D eigenvalue weighted by Crippen LogP contribution is -2.20. The van der Waals surface area contributed by atoms with Crippen LogP contribution in [-0.2, 0) is 4.79 Å². The van der Waals surface area contributed by atoms with Gasteiger partial charge < -0.3 is 10.4 Å². The quantitative estimate of drug-likeness (QED) is 0.881. The fraction of sp³-hybridized carbons (Fsp3) is 0.133. The molecule has 104 valence electrons. The van der Waals surface area contributed by atoms with Crippen LogP contribution in [0.1, 0.15) is 17.2 Å². The molecule has 0 saturated heterocycles. The van der Waals surface area contributed by atoms with Gasteiger partial charge in [-0.1, -0.05) is 24.3 Å². The maximum atomic E-state index is 13.3. The van der Waals surface area contributed by atoms with Crippen molar-refractivity contribution in [1.29, 1.82) is 0 Å². The molecule has 2 rings (SSSR count). The van der Waals surface area contributed by atoms with Crippen LogP contribution >= 0.6 is 15.9 Å². The molecule has 0 amide bonds. The number of carbonyl (C=O) groups is 1. The first-order chi connectivity index (χ1) is 9.49. The molecule has 3 nitrogen and oxygen atoms in total. The van der Waals surface area contributed by atoms with Crippen LogP contribution in [0.15, 0.2) is 46.9 Å². The minimum atomic E-state index is -1.02. The van der Waals surface area contributed by atoms with Crippen molar-refractivity contribution in [2.45, 2.75) is 13.0 Å². The minimum absolute atomic E-state index is 0.348. The summed E-state index contributed by atoms with van der Waals surface area (Å²) in [5.74, 6) is -1.37. The van der Waals surface area contributed by atoms with Gasteiger partial charge in [-0.3, -0.25) is 0 Å². The largest absolute Gasteiger partial charge is 0.479 e. The molecule has 5 heteroatoms. The third-order valence-electron chi connectivity index (χ3n) is 2.94. The van der Waals surface area contributed by atoms with Gasteiger partial charge in [0.2, 0.25) is 0 Å². The van der Waals surface area contributed by atoms with Crippen LogP contribution in [0, 0.1) is 12.7 Å². The van der Waals surface area contributed by atoms with E-state index < -0.39 is 12.0 Å². The average molecular weight is 338 g/mol. The Balaban J connectivity index is 2.34. The van der Waals surface area contributed by atoms with Crippen molar-refractivity contribution < 1.29 is 14.3 Å². The molecule has 0 aromatic heterocycles. The molecule has 2 aromatic carbocycles. The van der Waals surface area contributed by atoms with Crippen LogP contribution in [0.4, 0.5) is 10.1 Å². The Morgan fingerprint density at radius 1 is 1.30 bits per heavy atom. The summed E-state index contributed by atoms with van der Waals surface area (Å²) < 4.78 is 14.0. The summed E-state index contributed by atoms with van der Waals surface area (Å²) in [4.78, 5) is 11.4. The Hall–Kier alpha value is -1.88. The smallest absolute Gasteiger partial charge is 0.330 e. The van der Waals surface area contributed by atoms with E-state index in [-0.39, 0.29) is 5.82 Å². The lowest BCUT2D eigenvalue weighted by Gasteiger charge is -2.17. The van der Waals surface area contributed by atoms with E-state index in [1.165, 1.54) is 18.2 Å². The zero-order valence-electron chi connectivity index (χ0n) is 10.7. The highest BCUT2D eigenvalue weighted by molar-refractivity contribution is 9.10. The Kier molecular flexibility index (Phi) is 4.39. The van der Waals surface area contributed by atoms with Crippen LogP contribution in [0.3, 0.4) is 0 Å². The summed E-state index contributed by atoms with van der Waals surface area (Å²) in [5, 5.41) is 12.3. The fourth-order valence-corrected chi connectivity index (χ4v) is 2.27. The normalized spacial score (nSPS) is 11.9. The Morgan fingerprint density at radius 2 is 2.00 bits per heavy atom. The predicted molar refractivity (Wildman–Crippen MR) is 79.3 cm³/mol. The summed E-state index contributed by atoms with van der Waals surface area (Å²) in [6.07, 6.45) is 0. The molecule has 0 bridgehead atoms. The van der Waals surface area contributed by atoms with Crippen molar-refractivity contribution in [2.75, 3.05) is 5.32 Å². The second kappa shape index (κ2) is 6.05. The van der Waals surface area contributed by atoms with Gasteiger partial charge in [-0.15, -0.1) is 0 Å². The van der Waals surface area contributed by atoms with Crippen molar-refractivity contribution in [3.05, 3.63) is 63.9 Å². The number of rotatable bonds is 4. The van der Waals surface area contributed by atoms with Crippen LogP contribution in [-0.4, -0.2) is 11.1 Å². The number of aryl methyl sites for hydroxylation is 1. The molecule has 0 fully saturated rings. The van der Waals surface area contributed by atoms with Crippen molar-refractivity contribution in [1.82, 2.24) is 0 Å². The van der Waals surface area contributed by atoms with Crippen molar-refractivity contribution >= 4 is 27.6 Å². The zero-order chi connectivity index (χ0) is 14.7. The maximum absolute atomic E-state index is 13.3. The highest BCUT2D eigenvalue weighted by Crippen LogP contribution is 2.27. The molecule has 0 heterocycles. The molecular weight excluding hydrogens is 325 g/mol. The molecule has 2 N–H and O–H groups in total. The summed E-state index contributed by atoms with van der Waals surface area (Å²) >= 11 is 3.36. The Bertz CT molecular complexity index is 646. The molecule has 0 aliphatic rings. The molecule has 0 aliphatic heterocycles. The number of carboxylic acids is 1. The second-order valence-corrected chi connectivity index (χ2v) is 5.26. The minimum Gasteiger partial charge on any atom is -0.479 e. The van der Waals surface area contributed by atoms with E-state index in [9.17, 15) is 14.3 Å². The molecular formula is C15H13BrFNO2. The number of halogens is 2. The fourth-order valence-electron chi connectivity index (χ4n) is 1.87. The van der Waals surface area contributed by atoms with E-state index in [0.29, 0.717) is 16.8 Å². The number of aliphatic carboxylic acids is 1. The van der Waals surface area contributed by atoms with Gasteiger partial charge in [0.1, 0.15) is 5.82 Å². The Morgan fingerprint density at radius 3 is 2.60 bits per heavy atom. The standard InChI is InChI=1S/C15H13BrFNO2/c1-9-8-10(6-7-12(9)17)14(15(19)20)18-13-5-3-2-4-11(13)16/h2-8,14,18H,1H3,(H,19,20). The summed E-state index contributed by atoms with van der Waals surface area (Å²) in [5.41, 5.74) is 1.59. The van der Waals surface area contributed by atoms with Crippen LogP contribution < -0.4 is 5.32 Å². The second-order valence-electron chi connectivity index (χ2n) is 4.40. The highest BCUT2D eigenvalue weighted by Gasteiger charge is 2.21. The van der Waals surface area contributed by atoms with Gasteiger partial charge in [-0.25, -0.2) is 9.18 Å². The maximum Gasteiger partial charge on any atom is 0.330 e. The van der Waals surface area contributed by atoms with Gasteiger partial charge in [0, 0.05) is 10.2 Å². The molecule has 0 saturated carbocycles. The number of anilines is 1. The first-order valence-corrected chi connectivity index (χ1v) is 6.78. The number of para-hydroxylation sites is 1. The van der Waals surface area contributed by atoms with Crippen LogP contribution in [0.25, 0.3) is 0 Å². The van der Waals surface area contributed by atoms with Gasteiger partial charge in [0.05, 0.1) is 0 Å². The monoisotopic (exact) mass is 337 g/mol. The first kappa shape index (κ1) is 14.5. The molecule has 20 heavy (non-hydrogen) atoms. The summed E-state index contributed by atoms with van der Waals surface area (Å²) in [6, 6.07) is 10.6. The van der Waals surface area contributed by atoms with E-state index in [2.05, 4.69) is 21.2 Å². The van der Waals surface area contributed by atoms with E-state index in [4.69, 9.17) is 0 Å². The molecule has 1 unspecified atom stereocenters. The predicted octanol–water partition coefficient (Wildman–Crippen LogP) is 4.13. The third-order valence-corrected chi connectivity index (χ3v) is 3.63. The number of carboxylic acid groups (broad SMARTS) is 1. The Labute approximate surface area is 124 Å². The van der Waals surface area contributed by atoms with Crippen molar-refractivity contribution in [3.63, 3.8) is 0 Å². The molecule has 1 atom stereocenters. The molecule has 2 aromatic rings. The highest BCUT2D eigenvalue weighted by atomic mass is 79.9. The number of hydrogen-bond donors (Lipinski definition) is 2. The van der Waals surface area contributed by atoms with Crippen molar-refractivity contribution in [2.24, 2.45) is 0 Å². The van der Waals surface area contributed by atoms with Gasteiger partial charge in [0.15, 0.2) is 6.04 Å². The first-order valence-electron chi connectivity index (χ1n) is 5.99.